The molecule has 0 radical (unpaired) electrons. The third-order valence-electron chi connectivity index (χ3n) is 8.98. The Morgan fingerprint density at radius 2 is 1.16 bits per heavy atom. The Balaban J connectivity index is 1.51. The van der Waals surface area contributed by atoms with Crippen LogP contribution in [0.3, 0.4) is 0 Å². The first-order valence-electron chi connectivity index (χ1n) is 16.4. The topological polar surface area (TPSA) is 12.5 Å². The van der Waals surface area contributed by atoms with E-state index < -0.39 is 0 Å². The van der Waals surface area contributed by atoms with Crippen LogP contribution in [0.4, 0.5) is 0 Å². The second-order valence-corrected chi connectivity index (χ2v) is 14.1. The Hall–Kier alpha value is -3.71. The average Bonchev–Trinajstić information content (AvgIpc) is 3.05. The van der Waals surface area contributed by atoms with Crippen LogP contribution >= 0.6 is 8.58 Å². The van der Waals surface area contributed by atoms with Gasteiger partial charge in [0.15, 0.2) is 0 Å². The maximum atomic E-state index is 6.71. The summed E-state index contributed by atoms with van der Waals surface area (Å²) in [5, 5.41) is 1.48. The first kappa shape index (κ1) is 32.7. The third-order valence-corrected chi connectivity index (χ3v) is 11.4. The smallest absolute Gasteiger partial charge is 0.126 e. The van der Waals surface area contributed by atoms with Crippen LogP contribution < -0.4 is 10.0 Å². The lowest BCUT2D eigenvalue weighted by Crippen LogP contribution is -2.28. The van der Waals surface area contributed by atoms with Gasteiger partial charge in [-0.05, 0) is 72.3 Å². The largest absolute Gasteiger partial charge is 0.488 e. The van der Waals surface area contributed by atoms with E-state index in [1.165, 1.54) is 49.8 Å². The molecule has 0 aliphatic rings. The monoisotopic (exact) mass is 613 g/mol. The summed E-state index contributed by atoms with van der Waals surface area (Å²) >= 11 is 0. The maximum absolute atomic E-state index is 6.71. The number of rotatable bonds is 14. The number of hydrogen-bond acceptors (Lipinski definition) is 2. The Labute approximate surface area is 273 Å². The van der Waals surface area contributed by atoms with Gasteiger partial charge in [-0.1, -0.05) is 149 Å². The summed E-state index contributed by atoms with van der Waals surface area (Å²) in [4.78, 5) is 2.60. The van der Waals surface area contributed by atoms with E-state index in [0.29, 0.717) is 15.2 Å². The van der Waals surface area contributed by atoms with Gasteiger partial charge in [-0.3, -0.25) is 4.90 Å². The SMILES string of the molecule is CCC(CC)(Pc1c(C)cccc1CN(Cc1ccccc1)Cc1ccccc1)c1cc(C)cc(C)c1OCc1ccccc1. The van der Waals surface area contributed by atoms with Crippen LogP contribution in [0.25, 0.3) is 0 Å². The van der Waals surface area contributed by atoms with Gasteiger partial charge in [-0.25, -0.2) is 0 Å². The summed E-state index contributed by atoms with van der Waals surface area (Å²) in [6.07, 6.45) is 2.11. The van der Waals surface area contributed by atoms with Crippen molar-refractivity contribution in [3.05, 3.63) is 166 Å². The highest BCUT2D eigenvalue weighted by Crippen LogP contribution is 2.52. The molecule has 45 heavy (non-hydrogen) atoms. The minimum Gasteiger partial charge on any atom is -0.488 e. The van der Waals surface area contributed by atoms with E-state index in [-0.39, 0.29) is 5.16 Å². The van der Waals surface area contributed by atoms with Crippen molar-refractivity contribution in [2.24, 2.45) is 0 Å². The zero-order chi connectivity index (χ0) is 31.6. The molecule has 0 fully saturated rings. The van der Waals surface area contributed by atoms with Crippen molar-refractivity contribution >= 4 is 13.9 Å². The van der Waals surface area contributed by atoms with Crippen molar-refractivity contribution in [1.82, 2.24) is 4.90 Å². The summed E-state index contributed by atoms with van der Waals surface area (Å²) in [6.45, 7) is 14.8. The van der Waals surface area contributed by atoms with E-state index in [2.05, 4.69) is 161 Å². The highest BCUT2D eigenvalue weighted by Gasteiger charge is 2.34. The number of ether oxygens (including phenoxy) is 1. The van der Waals surface area contributed by atoms with Gasteiger partial charge in [0, 0.05) is 30.4 Å². The number of hydrogen-bond donors (Lipinski definition) is 0. The number of aryl methyl sites for hydroxylation is 3. The van der Waals surface area contributed by atoms with Gasteiger partial charge < -0.3 is 4.74 Å². The first-order valence-corrected chi connectivity index (χ1v) is 17.4. The van der Waals surface area contributed by atoms with Crippen LogP contribution in [0.1, 0.15) is 71.2 Å². The lowest BCUT2D eigenvalue weighted by molar-refractivity contribution is 0.248. The molecule has 1 unspecified atom stereocenters. The minimum absolute atomic E-state index is 0.0205. The molecule has 0 amide bonds. The molecule has 0 spiro atoms. The zero-order valence-corrected chi connectivity index (χ0v) is 28.6. The van der Waals surface area contributed by atoms with Crippen LogP contribution in [0.15, 0.2) is 121 Å². The molecular formula is C42H48NOP. The lowest BCUT2D eigenvalue weighted by Gasteiger charge is -2.36. The Kier molecular flexibility index (Phi) is 11.3. The lowest BCUT2D eigenvalue weighted by atomic mass is 9.89. The molecule has 0 bridgehead atoms. The van der Waals surface area contributed by atoms with Crippen LogP contribution in [-0.4, -0.2) is 4.90 Å². The maximum Gasteiger partial charge on any atom is 0.126 e. The van der Waals surface area contributed by atoms with Gasteiger partial charge in [0.25, 0.3) is 0 Å². The fourth-order valence-electron chi connectivity index (χ4n) is 6.48. The molecule has 1 atom stereocenters. The fourth-order valence-corrected chi connectivity index (χ4v) is 8.23. The van der Waals surface area contributed by atoms with E-state index in [1.807, 2.05) is 0 Å². The van der Waals surface area contributed by atoms with E-state index in [9.17, 15) is 0 Å². The van der Waals surface area contributed by atoms with E-state index in [4.69, 9.17) is 4.74 Å². The highest BCUT2D eigenvalue weighted by molar-refractivity contribution is 7.48. The second kappa shape index (κ2) is 15.5. The molecular weight excluding hydrogens is 565 g/mol. The van der Waals surface area contributed by atoms with Gasteiger partial charge in [0.05, 0.1) is 0 Å². The van der Waals surface area contributed by atoms with Gasteiger partial charge in [-0.2, -0.15) is 0 Å². The standard InChI is InChI=1S/C42H48NOP/c1-6-42(7-2,39-27-32(3)26-34(5)40(39)44-31-37-23-15-10-16-24-37)45-41-33(4)18-17-25-38(41)30-43(28-35-19-11-8-12-20-35)29-36-21-13-9-14-22-36/h8-27,45H,6-7,28-31H2,1-5H3. The Morgan fingerprint density at radius 3 is 1.71 bits per heavy atom. The molecule has 0 heterocycles. The summed E-state index contributed by atoms with van der Waals surface area (Å²) in [5.74, 6) is 1.06. The first-order chi connectivity index (χ1) is 21.9. The molecule has 5 aromatic carbocycles. The van der Waals surface area contributed by atoms with Crippen molar-refractivity contribution in [2.75, 3.05) is 0 Å². The van der Waals surface area contributed by atoms with E-state index >= 15 is 0 Å². The molecule has 0 N–H and O–H groups in total. The molecule has 0 aliphatic heterocycles. The number of nitrogens with zero attached hydrogens (tertiary/aromatic N) is 1. The van der Waals surface area contributed by atoms with E-state index in [0.717, 1.165) is 38.2 Å². The van der Waals surface area contributed by atoms with Crippen LogP contribution in [-0.2, 0) is 31.4 Å². The average molecular weight is 614 g/mol. The van der Waals surface area contributed by atoms with Gasteiger partial charge in [-0.15, -0.1) is 0 Å². The zero-order valence-electron chi connectivity index (χ0n) is 27.6. The normalized spacial score (nSPS) is 11.9. The molecule has 0 aromatic heterocycles. The van der Waals surface area contributed by atoms with Crippen molar-refractivity contribution in [3.63, 3.8) is 0 Å². The molecule has 0 saturated heterocycles. The molecule has 232 valence electrons. The van der Waals surface area contributed by atoms with Crippen molar-refractivity contribution in [1.29, 1.82) is 0 Å². The van der Waals surface area contributed by atoms with Crippen LogP contribution in [0.2, 0.25) is 0 Å². The second-order valence-electron chi connectivity index (χ2n) is 12.4. The molecule has 5 aromatic rings. The summed E-state index contributed by atoms with van der Waals surface area (Å²) in [5.41, 5.74) is 10.6. The van der Waals surface area contributed by atoms with Gasteiger partial charge in [0.1, 0.15) is 12.4 Å². The predicted molar refractivity (Wildman–Crippen MR) is 194 cm³/mol. The summed E-state index contributed by atoms with van der Waals surface area (Å²) < 4.78 is 6.71. The third kappa shape index (κ3) is 8.31. The molecule has 2 nitrogen and oxygen atoms in total. The van der Waals surface area contributed by atoms with E-state index in [1.54, 1.807) is 0 Å². The van der Waals surface area contributed by atoms with Crippen molar-refractivity contribution in [3.8, 4) is 5.75 Å². The van der Waals surface area contributed by atoms with Gasteiger partial charge in [0.2, 0.25) is 0 Å². The number of benzene rings is 5. The molecule has 0 saturated carbocycles. The van der Waals surface area contributed by atoms with Crippen LogP contribution in [0, 0.1) is 20.8 Å². The minimum atomic E-state index is -0.0205. The molecule has 5 rings (SSSR count). The predicted octanol–water partition coefficient (Wildman–Crippen LogP) is 10.4. The summed E-state index contributed by atoms with van der Waals surface area (Å²) in [7, 11) is 0.630. The molecule has 0 aliphatic carbocycles. The quantitative estimate of drug-likeness (QED) is 0.116. The highest BCUT2D eigenvalue weighted by atomic mass is 31.1. The Bertz CT molecular complexity index is 1600. The fraction of sp³-hybridized carbons (Fsp3) is 0.286. The molecule has 3 heteroatoms. The Morgan fingerprint density at radius 1 is 0.600 bits per heavy atom. The van der Waals surface area contributed by atoms with Crippen LogP contribution in [0.5, 0.6) is 5.75 Å². The van der Waals surface area contributed by atoms with Crippen molar-refractivity contribution in [2.45, 2.75) is 78.9 Å². The van der Waals surface area contributed by atoms with Gasteiger partial charge >= 0.3 is 0 Å². The van der Waals surface area contributed by atoms with Crippen molar-refractivity contribution < 1.29 is 4.74 Å². The summed E-state index contributed by atoms with van der Waals surface area (Å²) in [6, 6.07) is 43.9.